The standard InChI is InChI=1S/C20H18ClN7O/c21-15-6-10(22)4-5-12(15)11-2-1-3-13-14(11)7-28(20(13)29)8-16-26-17-18(23)24-9-25-19(17)27-16/h1-6,9,16,26H,7-8,22H2,(H3,23,24,25,27). The minimum absolute atomic E-state index is 0.0213. The molecule has 0 saturated carbocycles. The van der Waals surface area contributed by atoms with Crippen LogP contribution in [0.5, 0.6) is 0 Å². The summed E-state index contributed by atoms with van der Waals surface area (Å²) in [7, 11) is 0. The average Bonchev–Trinajstić information content (AvgIpc) is 3.24. The molecular weight excluding hydrogens is 390 g/mol. The predicted octanol–water partition coefficient (Wildman–Crippen LogP) is 2.78. The number of hydrogen-bond acceptors (Lipinski definition) is 7. The lowest BCUT2D eigenvalue weighted by Gasteiger charge is -2.21. The van der Waals surface area contributed by atoms with Gasteiger partial charge in [-0.2, -0.15) is 0 Å². The molecule has 146 valence electrons. The Hall–Kier alpha value is -3.52. The number of aromatic nitrogens is 2. The van der Waals surface area contributed by atoms with Gasteiger partial charge in [-0.25, -0.2) is 9.97 Å². The third-order valence-corrected chi connectivity index (χ3v) is 5.55. The first-order valence-corrected chi connectivity index (χ1v) is 9.49. The summed E-state index contributed by atoms with van der Waals surface area (Å²) in [5.41, 5.74) is 16.4. The van der Waals surface area contributed by atoms with E-state index < -0.39 is 0 Å². The number of nitrogens with one attached hydrogen (secondary N) is 2. The molecule has 29 heavy (non-hydrogen) atoms. The van der Waals surface area contributed by atoms with Crippen molar-refractivity contribution in [2.45, 2.75) is 12.7 Å². The smallest absolute Gasteiger partial charge is 0.254 e. The summed E-state index contributed by atoms with van der Waals surface area (Å²) in [5.74, 6) is 0.995. The molecule has 0 fully saturated rings. The maximum atomic E-state index is 13.0. The number of nitrogens with zero attached hydrogens (tertiary/aromatic N) is 3. The fraction of sp³-hybridized carbons (Fsp3) is 0.150. The minimum atomic E-state index is -0.203. The first-order valence-electron chi connectivity index (χ1n) is 9.11. The second-order valence-corrected chi connectivity index (χ2v) is 7.49. The highest BCUT2D eigenvalue weighted by atomic mass is 35.5. The summed E-state index contributed by atoms with van der Waals surface area (Å²) >= 11 is 6.42. The molecule has 6 N–H and O–H groups in total. The zero-order chi connectivity index (χ0) is 20.1. The second kappa shape index (κ2) is 6.52. The monoisotopic (exact) mass is 407 g/mol. The summed E-state index contributed by atoms with van der Waals surface area (Å²) in [6, 6.07) is 11.1. The first kappa shape index (κ1) is 17.6. The molecule has 8 nitrogen and oxygen atoms in total. The Morgan fingerprint density at radius 1 is 1.10 bits per heavy atom. The van der Waals surface area contributed by atoms with Gasteiger partial charge in [-0.15, -0.1) is 0 Å². The van der Waals surface area contributed by atoms with Gasteiger partial charge in [0.2, 0.25) is 0 Å². The van der Waals surface area contributed by atoms with Gasteiger partial charge in [0, 0.05) is 23.4 Å². The Labute approximate surface area is 171 Å². The van der Waals surface area contributed by atoms with E-state index in [2.05, 4.69) is 20.6 Å². The minimum Gasteiger partial charge on any atom is -0.399 e. The second-order valence-electron chi connectivity index (χ2n) is 7.08. The van der Waals surface area contributed by atoms with E-state index >= 15 is 0 Å². The number of benzene rings is 2. The van der Waals surface area contributed by atoms with Gasteiger partial charge >= 0.3 is 0 Å². The van der Waals surface area contributed by atoms with Crippen LogP contribution < -0.4 is 22.1 Å². The molecule has 0 bridgehead atoms. The number of hydrogen-bond donors (Lipinski definition) is 4. The molecule has 1 atom stereocenters. The maximum Gasteiger partial charge on any atom is 0.254 e. The van der Waals surface area contributed by atoms with E-state index in [1.54, 1.807) is 11.0 Å². The van der Waals surface area contributed by atoms with E-state index in [1.165, 1.54) is 6.33 Å². The van der Waals surface area contributed by atoms with Crippen molar-refractivity contribution in [2.24, 2.45) is 0 Å². The van der Waals surface area contributed by atoms with Gasteiger partial charge in [0.25, 0.3) is 5.91 Å². The molecule has 2 aromatic carbocycles. The van der Waals surface area contributed by atoms with Crippen molar-refractivity contribution in [2.75, 3.05) is 28.6 Å². The molecule has 5 rings (SSSR count). The number of rotatable bonds is 3. The highest BCUT2D eigenvalue weighted by Gasteiger charge is 2.33. The number of carbonyl (C=O) groups excluding carboxylic acids is 1. The lowest BCUT2D eigenvalue weighted by molar-refractivity contribution is 0.0775. The number of amides is 1. The Morgan fingerprint density at radius 2 is 1.93 bits per heavy atom. The number of halogens is 1. The van der Waals surface area contributed by atoms with Crippen LogP contribution in [0, 0.1) is 0 Å². The Kier molecular flexibility index (Phi) is 3.95. The topological polar surface area (TPSA) is 122 Å². The Bertz CT molecular complexity index is 1150. The zero-order valence-electron chi connectivity index (χ0n) is 15.3. The molecule has 3 aromatic rings. The zero-order valence-corrected chi connectivity index (χ0v) is 16.1. The normalized spacial score (nSPS) is 16.9. The van der Waals surface area contributed by atoms with Crippen molar-refractivity contribution in [1.29, 1.82) is 0 Å². The molecule has 1 unspecified atom stereocenters. The average molecular weight is 408 g/mol. The van der Waals surface area contributed by atoms with Crippen molar-refractivity contribution in [3.63, 3.8) is 0 Å². The third kappa shape index (κ3) is 2.89. The van der Waals surface area contributed by atoms with Gasteiger partial charge in [-0.05, 0) is 29.3 Å². The maximum absolute atomic E-state index is 13.0. The largest absolute Gasteiger partial charge is 0.399 e. The van der Waals surface area contributed by atoms with Crippen molar-refractivity contribution in [1.82, 2.24) is 14.9 Å². The first-order chi connectivity index (χ1) is 14.0. The molecule has 0 spiro atoms. The van der Waals surface area contributed by atoms with Gasteiger partial charge in [0.15, 0.2) is 11.6 Å². The van der Waals surface area contributed by atoms with Crippen LogP contribution in [0.3, 0.4) is 0 Å². The number of fused-ring (bicyclic) bond motifs is 2. The molecule has 3 heterocycles. The van der Waals surface area contributed by atoms with Crippen LogP contribution in [0.2, 0.25) is 5.02 Å². The van der Waals surface area contributed by atoms with Gasteiger partial charge in [0.05, 0.1) is 11.6 Å². The molecule has 2 aliphatic heterocycles. The van der Waals surface area contributed by atoms with Crippen molar-refractivity contribution >= 4 is 40.5 Å². The van der Waals surface area contributed by atoms with Gasteiger partial charge in [0.1, 0.15) is 18.2 Å². The molecular formula is C20H18ClN7O. The molecule has 2 aliphatic rings. The lowest BCUT2D eigenvalue weighted by Crippen LogP contribution is -2.38. The van der Waals surface area contributed by atoms with Crippen molar-refractivity contribution < 1.29 is 4.79 Å². The third-order valence-electron chi connectivity index (χ3n) is 5.24. The summed E-state index contributed by atoms with van der Waals surface area (Å²) in [4.78, 5) is 23.0. The quantitative estimate of drug-likeness (QED) is 0.492. The van der Waals surface area contributed by atoms with Crippen LogP contribution in [0.25, 0.3) is 11.1 Å². The molecule has 9 heteroatoms. The summed E-state index contributed by atoms with van der Waals surface area (Å²) in [5, 5.41) is 7.05. The lowest BCUT2D eigenvalue weighted by atomic mass is 9.97. The SMILES string of the molecule is Nc1ccc(-c2cccc3c2CN(CC2Nc4ncnc(N)c4N2)C3=O)c(Cl)c1. The van der Waals surface area contributed by atoms with E-state index in [4.69, 9.17) is 23.1 Å². The van der Waals surface area contributed by atoms with E-state index in [9.17, 15) is 4.79 Å². The van der Waals surface area contributed by atoms with Gasteiger partial charge < -0.3 is 27.0 Å². The number of nitrogens with two attached hydrogens (primary N) is 2. The number of nitrogen functional groups attached to an aromatic ring is 2. The van der Waals surface area contributed by atoms with Crippen LogP contribution in [0.4, 0.5) is 23.0 Å². The Balaban J connectivity index is 1.41. The highest BCUT2D eigenvalue weighted by Crippen LogP contribution is 2.37. The number of carbonyl (C=O) groups is 1. The Morgan fingerprint density at radius 3 is 2.72 bits per heavy atom. The van der Waals surface area contributed by atoms with Crippen LogP contribution in [0.1, 0.15) is 15.9 Å². The van der Waals surface area contributed by atoms with Crippen LogP contribution in [-0.2, 0) is 6.54 Å². The fourth-order valence-corrected chi connectivity index (χ4v) is 4.17. The fourth-order valence-electron chi connectivity index (χ4n) is 3.88. The van der Waals surface area contributed by atoms with E-state index in [0.29, 0.717) is 46.7 Å². The van der Waals surface area contributed by atoms with Gasteiger partial charge in [-0.3, -0.25) is 4.79 Å². The molecule has 1 amide bonds. The summed E-state index contributed by atoms with van der Waals surface area (Å²) in [6.45, 7) is 0.931. The van der Waals surface area contributed by atoms with Crippen molar-refractivity contribution in [3.05, 3.63) is 58.9 Å². The van der Waals surface area contributed by atoms with Crippen LogP contribution >= 0.6 is 11.6 Å². The highest BCUT2D eigenvalue weighted by molar-refractivity contribution is 6.33. The van der Waals surface area contributed by atoms with E-state index in [0.717, 1.165) is 16.7 Å². The van der Waals surface area contributed by atoms with Crippen LogP contribution in [-0.4, -0.2) is 33.5 Å². The number of anilines is 4. The van der Waals surface area contributed by atoms with Crippen LogP contribution in [0.15, 0.2) is 42.7 Å². The molecule has 0 aliphatic carbocycles. The molecule has 0 saturated heterocycles. The predicted molar refractivity (Wildman–Crippen MR) is 114 cm³/mol. The van der Waals surface area contributed by atoms with E-state index in [-0.39, 0.29) is 12.1 Å². The molecule has 0 radical (unpaired) electrons. The van der Waals surface area contributed by atoms with Crippen molar-refractivity contribution in [3.8, 4) is 11.1 Å². The summed E-state index contributed by atoms with van der Waals surface area (Å²) in [6.07, 6.45) is 1.20. The van der Waals surface area contributed by atoms with Gasteiger partial charge in [-0.1, -0.05) is 29.8 Å². The summed E-state index contributed by atoms with van der Waals surface area (Å²) < 4.78 is 0. The van der Waals surface area contributed by atoms with E-state index in [1.807, 2.05) is 30.3 Å². The molecule has 1 aromatic heterocycles.